The van der Waals surface area contributed by atoms with Crippen molar-refractivity contribution in [2.24, 2.45) is 0 Å². The first kappa shape index (κ1) is 17.5. The van der Waals surface area contributed by atoms with Crippen LogP contribution in [0.5, 0.6) is 0 Å². The summed E-state index contributed by atoms with van der Waals surface area (Å²) in [4.78, 5) is 40.5. The van der Waals surface area contributed by atoms with Crippen molar-refractivity contribution in [3.05, 3.63) is 64.1 Å². The lowest BCUT2D eigenvalue weighted by Gasteiger charge is -2.24. The molecule has 1 unspecified atom stereocenters. The van der Waals surface area contributed by atoms with Crippen molar-refractivity contribution in [3.63, 3.8) is 0 Å². The highest BCUT2D eigenvalue weighted by Crippen LogP contribution is 2.22. The zero-order valence-electron chi connectivity index (χ0n) is 15.1. The third kappa shape index (κ3) is 3.63. The van der Waals surface area contributed by atoms with Crippen molar-refractivity contribution >= 4 is 11.8 Å². The first-order valence-electron chi connectivity index (χ1n) is 9.32. The van der Waals surface area contributed by atoms with Gasteiger partial charge in [-0.1, -0.05) is 30.3 Å². The second-order valence-electron chi connectivity index (χ2n) is 7.08. The Balaban J connectivity index is 1.48. The summed E-state index contributed by atoms with van der Waals surface area (Å²) in [6.45, 7) is 2.24. The quantitative estimate of drug-likeness (QED) is 0.813. The van der Waals surface area contributed by atoms with E-state index in [2.05, 4.69) is 5.10 Å². The molecule has 1 aromatic heterocycles. The number of hydrogen-bond acceptors (Lipinski definition) is 4. The summed E-state index contributed by atoms with van der Waals surface area (Å²) in [7, 11) is 0. The zero-order chi connectivity index (χ0) is 18.8. The minimum Gasteiger partial charge on any atom is -0.338 e. The average molecular weight is 366 g/mol. The Labute approximate surface area is 157 Å². The Morgan fingerprint density at radius 3 is 2.63 bits per heavy atom. The van der Waals surface area contributed by atoms with E-state index in [1.807, 2.05) is 35.2 Å². The van der Waals surface area contributed by atoms with Crippen molar-refractivity contribution < 1.29 is 9.59 Å². The van der Waals surface area contributed by atoms with Crippen LogP contribution in [0.1, 0.15) is 35.3 Å². The van der Waals surface area contributed by atoms with Gasteiger partial charge in [0.05, 0.1) is 12.6 Å². The third-order valence-electron chi connectivity index (χ3n) is 5.26. The summed E-state index contributed by atoms with van der Waals surface area (Å²) in [6.07, 6.45) is 2.30. The van der Waals surface area contributed by atoms with E-state index in [1.165, 1.54) is 16.8 Å². The van der Waals surface area contributed by atoms with Gasteiger partial charge in [0, 0.05) is 32.1 Å². The van der Waals surface area contributed by atoms with Crippen LogP contribution in [-0.2, 0) is 11.3 Å². The number of nitrogens with zero attached hydrogens (tertiary/aromatic N) is 4. The molecular weight excluding hydrogens is 344 g/mol. The molecule has 2 saturated heterocycles. The van der Waals surface area contributed by atoms with E-state index in [0.29, 0.717) is 26.1 Å². The first-order valence-corrected chi connectivity index (χ1v) is 9.32. The number of benzene rings is 1. The monoisotopic (exact) mass is 366 g/mol. The summed E-state index contributed by atoms with van der Waals surface area (Å²) in [5.74, 6) is -0.00482. The van der Waals surface area contributed by atoms with Gasteiger partial charge in [-0.2, -0.15) is 5.10 Å². The number of aromatic nitrogens is 2. The van der Waals surface area contributed by atoms with Gasteiger partial charge in [0.15, 0.2) is 0 Å². The van der Waals surface area contributed by atoms with Gasteiger partial charge in [-0.25, -0.2) is 4.68 Å². The molecule has 0 saturated carbocycles. The van der Waals surface area contributed by atoms with Crippen molar-refractivity contribution in [2.45, 2.75) is 31.8 Å². The molecule has 0 bridgehead atoms. The molecule has 0 radical (unpaired) electrons. The van der Waals surface area contributed by atoms with E-state index in [9.17, 15) is 14.4 Å². The van der Waals surface area contributed by atoms with Gasteiger partial charge in [0.25, 0.3) is 11.5 Å². The molecular formula is C20H22N4O3. The molecule has 3 heterocycles. The molecule has 4 rings (SSSR count). The lowest BCUT2D eigenvalue weighted by Crippen LogP contribution is -2.40. The topological polar surface area (TPSA) is 75.5 Å². The standard InChI is InChI=1S/C20H22N4O3/c25-18-7-4-11-23(18)16-10-12-22(14-16)20(27)17-8-9-19(26)24(21-17)13-15-5-2-1-3-6-15/h1-3,5-6,8-9,16H,4,7,10-14H2. The lowest BCUT2D eigenvalue weighted by atomic mass is 10.2. The second kappa shape index (κ2) is 7.34. The number of hydrogen-bond donors (Lipinski definition) is 0. The molecule has 2 amide bonds. The number of carbonyl (C=O) groups excluding carboxylic acids is 2. The SMILES string of the molecule is O=C(c1ccc(=O)n(Cc2ccccc2)n1)N1CCC(N2CCCC2=O)C1. The molecule has 2 aliphatic rings. The molecule has 140 valence electrons. The van der Waals surface area contributed by atoms with E-state index >= 15 is 0 Å². The Hall–Kier alpha value is -2.96. The molecule has 2 aromatic rings. The van der Waals surface area contributed by atoms with Crippen LogP contribution in [0.15, 0.2) is 47.3 Å². The molecule has 0 N–H and O–H groups in total. The average Bonchev–Trinajstić information content (AvgIpc) is 3.32. The number of likely N-dealkylation sites (tertiary alicyclic amines) is 2. The van der Waals surface area contributed by atoms with Gasteiger partial charge in [-0.3, -0.25) is 14.4 Å². The van der Waals surface area contributed by atoms with Crippen LogP contribution < -0.4 is 5.56 Å². The highest BCUT2D eigenvalue weighted by Gasteiger charge is 2.35. The molecule has 2 aliphatic heterocycles. The maximum absolute atomic E-state index is 12.8. The number of amides is 2. The van der Waals surface area contributed by atoms with Crippen LogP contribution in [0.2, 0.25) is 0 Å². The van der Waals surface area contributed by atoms with Gasteiger partial charge in [0.1, 0.15) is 5.69 Å². The second-order valence-corrected chi connectivity index (χ2v) is 7.08. The van der Waals surface area contributed by atoms with E-state index in [0.717, 1.165) is 24.9 Å². The molecule has 1 aromatic carbocycles. The predicted molar refractivity (Wildman–Crippen MR) is 99.3 cm³/mol. The van der Waals surface area contributed by atoms with E-state index in [4.69, 9.17) is 0 Å². The summed E-state index contributed by atoms with van der Waals surface area (Å²) in [5.41, 5.74) is 0.974. The molecule has 7 heteroatoms. The Bertz CT molecular complexity index is 909. The summed E-state index contributed by atoms with van der Waals surface area (Å²) >= 11 is 0. The molecule has 1 atom stereocenters. The van der Waals surface area contributed by atoms with Crippen molar-refractivity contribution in [3.8, 4) is 0 Å². The van der Waals surface area contributed by atoms with Crippen molar-refractivity contribution in [1.82, 2.24) is 19.6 Å². The van der Waals surface area contributed by atoms with Crippen LogP contribution in [0.3, 0.4) is 0 Å². The maximum atomic E-state index is 12.8. The fourth-order valence-corrected chi connectivity index (χ4v) is 3.83. The lowest BCUT2D eigenvalue weighted by molar-refractivity contribution is -0.129. The highest BCUT2D eigenvalue weighted by atomic mass is 16.2. The summed E-state index contributed by atoms with van der Waals surface area (Å²) in [5, 5.41) is 4.28. The van der Waals surface area contributed by atoms with E-state index in [-0.39, 0.29) is 29.1 Å². The molecule has 7 nitrogen and oxygen atoms in total. The van der Waals surface area contributed by atoms with Gasteiger partial charge in [-0.05, 0) is 24.5 Å². The highest BCUT2D eigenvalue weighted by molar-refractivity contribution is 5.92. The normalized spacial score (nSPS) is 19.7. The summed E-state index contributed by atoms with van der Waals surface area (Å²) < 4.78 is 1.32. The van der Waals surface area contributed by atoms with E-state index < -0.39 is 0 Å². The van der Waals surface area contributed by atoms with Gasteiger partial charge in [0.2, 0.25) is 5.91 Å². The summed E-state index contributed by atoms with van der Waals surface area (Å²) in [6, 6.07) is 12.5. The van der Waals surface area contributed by atoms with Gasteiger partial charge in [-0.15, -0.1) is 0 Å². The first-order chi connectivity index (χ1) is 13.1. The number of carbonyl (C=O) groups is 2. The minimum atomic E-state index is -0.239. The van der Waals surface area contributed by atoms with Gasteiger partial charge >= 0.3 is 0 Å². The largest absolute Gasteiger partial charge is 0.338 e. The molecule has 0 spiro atoms. The fourth-order valence-electron chi connectivity index (χ4n) is 3.83. The molecule has 2 fully saturated rings. The predicted octanol–water partition coefficient (Wildman–Crippen LogP) is 1.13. The Morgan fingerprint density at radius 1 is 1.07 bits per heavy atom. The van der Waals surface area contributed by atoms with Crippen LogP contribution in [0.25, 0.3) is 0 Å². The van der Waals surface area contributed by atoms with Crippen molar-refractivity contribution in [2.75, 3.05) is 19.6 Å². The van der Waals surface area contributed by atoms with Crippen LogP contribution in [0.4, 0.5) is 0 Å². The van der Waals surface area contributed by atoms with Crippen LogP contribution in [-0.4, -0.2) is 57.1 Å². The van der Waals surface area contributed by atoms with Crippen molar-refractivity contribution in [1.29, 1.82) is 0 Å². The van der Waals surface area contributed by atoms with Gasteiger partial charge < -0.3 is 9.80 Å². The Morgan fingerprint density at radius 2 is 1.89 bits per heavy atom. The third-order valence-corrected chi connectivity index (χ3v) is 5.26. The Kier molecular flexibility index (Phi) is 4.75. The smallest absolute Gasteiger partial charge is 0.274 e. The zero-order valence-corrected chi connectivity index (χ0v) is 15.1. The molecule has 27 heavy (non-hydrogen) atoms. The van der Waals surface area contributed by atoms with Crippen LogP contribution in [0, 0.1) is 0 Å². The van der Waals surface area contributed by atoms with E-state index in [1.54, 1.807) is 4.90 Å². The number of rotatable bonds is 4. The fraction of sp³-hybridized carbons (Fsp3) is 0.400. The van der Waals surface area contributed by atoms with Crippen LogP contribution >= 0.6 is 0 Å². The minimum absolute atomic E-state index is 0.0965. The maximum Gasteiger partial charge on any atom is 0.274 e. The molecule has 0 aliphatic carbocycles.